The number of carbonyl (C=O) groups excluding carboxylic acids is 1. The van der Waals surface area contributed by atoms with Gasteiger partial charge in [-0.3, -0.25) is 4.79 Å². The van der Waals surface area contributed by atoms with Crippen molar-refractivity contribution < 1.29 is 19.1 Å². The molecule has 0 fully saturated rings. The predicted molar refractivity (Wildman–Crippen MR) is 96.7 cm³/mol. The Bertz CT molecular complexity index is 741. The first-order valence-corrected chi connectivity index (χ1v) is 8.33. The molecule has 0 amide bonds. The summed E-state index contributed by atoms with van der Waals surface area (Å²) in [5.74, 6) is 0.372. The molecule has 0 radical (unpaired) electrons. The van der Waals surface area contributed by atoms with Crippen LogP contribution in [-0.4, -0.2) is 23.2 Å². The summed E-state index contributed by atoms with van der Waals surface area (Å²) in [6.07, 6.45) is 1.53. The largest absolute Gasteiger partial charge is 0.507 e. The number of ether oxygens (including phenoxy) is 1. The number of methoxy groups -OCH3 is 1. The molecule has 0 atom stereocenters. The molecule has 2 aromatic rings. The van der Waals surface area contributed by atoms with Crippen LogP contribution >= 0.6 is 0 Å². The number of phenolic OH excluding ortho intramolecular Hbond substituents is 1. The molecule has 0 bridgehead atoms. The molecule has 1 N–H and O–H groups in total. The zero-order chi connectivity index (χ0) is 19.0. The van der Waals surface area contributed by atoms with Crippen molar-refractivity contribution in [2.45, 2.75) is 58.8 Å². The van der Waals surface area contributed by atoms with Crippen LogP contribution < -0.4 is 0 Å². The van der Waals surface area contributed by atoms with Crippen LogP contribution in [0, 0.1) is 0 Å². The Labute approximate surface area is 149 Å². The van der Waals surface area contributed by atoms with Gasteiger partial charge in [0, 0.05) is 16.7 Å². The van der Waals surface area contributed by atoms with Gasteiger partial charge in [-0.25, -0.2) is 4.98 Å². The molecule has 1 aromatic carbocycles. The normalized spacial score (nSPS) is 12.3. The molecule has 0 aliphatic rings. The highest BCUT2D eigenvalue weighted by atomic mass is 16.5. The number of benzene rings is 1. The number of carbonyl (C=O) groups is 1. The second-order valence-electron chi connectivity index (χ2n) is 8.32. The SMILES string of the molecule is COC(=O)Cc1coc(-c2cc(C(C)(C)C)c(O)c(C(C)(C)C)c2)n1. The second kappa shape index (κ2) is 6.54. The van der Waals surface area contributed by atoms with Gasteiger partial charge in [-0.15, -0.1) is 0 Å². The molecule has 0 saturated carbocycles. The lowest BCUT2D eigenvalue weighted by atomic mass is 9.78. The average Bonchev–Trinajstić information content (AvgIpc) is 2.93. The van der Waals surface area contributed by atoms with E-state index >= 15 is 0 Å². The molecular weight excluding hydrogens is 318 g/mol. The van der Waals surface area contributed by atoms with E-state index in [2.05, 4.69) is 51.3 Å². The minimum absolute atomic E-state index is 0.0658. The van der Waals surface area contributed by atoms with Crippen LogP contribution in [0.15, 0.2) is 22.8 Å². The van der Waals surface area contributed by atoms with Gasteiger partial charge >= 0.3 is 5.97 Å². The van der Waals surface area contributed by atoms with E-state index in [0.717, 1.165) is 16.7 Å². The van der Waals surface area contributed by atoms with Gasteiger partial charge in [-0.1, -0.05) is 41.5 Å². The number of hydrogen-bond donors (Lipinski definition) is 1. The molecule has 2 rings (SSSR count). The highest BCUT2D eigenvalue weighted by Gasteiger charge is 2.27. The second-order valence-corrected chi connectivity index (χ2v) is 8.32. The zero-order valence-corrected chi connectivity index (χ0v) is 16.1. The number of nitrogens with zero attached hydrogens (tertiary/aromatic N) is 1. The first-order chi connectivity index (χ1) is 11.4. The number of aromatic hydroxyl groups is 1. The summed E-state index contributed by atoms with van der Waals surface area (Å²) in [7, 11) is 1.34. The van der Waals surface area contributed by atoms with E-state index in [4.69, 9.17) is 4.42 Å². The predicted octanol–water partition coefficient (Wildman–Crippen LogP) is 4.36. The van der Waals surface area contributed by atoms with Crippen molar-refractivity contribution in [3.8, 4) is 17.2 Å². The van der Waals surface area contributed by atoms with Crippen molar-refractivity contribution in [1.29, 1.82) is 0 Å². The van der Waals surface area contributed by atoms with Gasteiger partial charge in [-0.05, 0) is 23.0 Å². The highest BCUT2D eigenvalue weighted by Crippen LogP contribution is 2.41. The molecule has 0 saturated heterocycles. The van der Waals surface area contributed by atoms with Crippen molar-refractivity contribution in [1.82, 2.24) is 4.98 Å². The molecule has 25 heavy (non-hydrogen) atoms. The summed E-state index contributed by atoms with van der Waals surface area (Å²) >= 11 is 0. The summed E-state index contributed by atoms with van der Waals surface area (Å²) < 4.78 is 10.2. The van der Waals surface area contributed by atoms with E-state index in [1.54, 1.807) is 0 Å². The monoisotopic (exact) mass is 345 g/mol. The molecule has 136 valence electrons. The minimum atomic E-state index is -0.365. The van der Waals surface area contributed by atoms with E-state index in [9.17, 15) is 9.90 Å². The number of aromatic nitrogens is 1. The van der Waals surface area contributed by atoms with Crippen LogP contribution in [0.4, 0.5) is 0 Å². The van der Waals surface area contributed by atoms with E-state index in [0.29, 0.717) is 17.3 Å². The number of esters is 1. The maximum atomic E-state index is 11.4. The fourth-order valence-corrected chi connectivity index (χ4v) is 2.64. The molecule has 5 heteroatoms. The number of oxazole rings is 1. The van der Waals surface area contributed by atoms with Crippen LogP contribution in [0.1, 0.15) is 58.4 Å². The molecule has 1 aromatic heterocycles. The van der Waals surface area contributed by atoms with Crippen LogP contribution in [-0.2, 0) is 26.8 Å². The van der Waals surface area contributed by atoms with Crippen LogP contribution in [0.5, 0.6) is 5.75 Å². The van der Waals surface area contributed by atoms with Gasteiger partial charge in [0.25, 0.3) is 0 Å². The molecule has 0 aliphatic heterocycles. The van der Waals surface area contributed by atoms with Gasteiger partial charge < -0.3 is 14.3 Å². The lowest BCUT2D eigenvalue weighted by Gasteiger charge is -2.27. The number of rotatable bonds is 3. The fourth-order valence-electron chi connectivity index (χ4n) is 2.64. The molecule has 1 heterocycles. The molecule has 0 unspecified atom stereocenters. The number of hydrogen-bond acceptors (Lipinski definition) is 5. The van der Waals surface area contributed by atoms with Crippen LogP contribution in [0.3, 0.4) is 0 Å². The Morgan fingerprint density at radius 1 is 1.12 bits per heavy atom. The Balaban J connectivity index is 2.57. The van der Waals surface area contributed by atoms with E-state index in [1.807, 2.05) is 12.1 Å². The molecule has 5 nitrogen and oxygen atoms in total. The third kappa shape index (κ3) is 4.21. The molecule has 0 aliphatic carbocycles. The fraction of sp³-hybridized carbons (Fsp3) is 0.500. The van der Waals surface area contributed by atoms with Crippen molar-refractivity contribution in [2.75, 3.05) is 7.11 Å². The Hall–Kier alpha value is -2.30. The molecule has 0 spiro atoms. The standard InChI is InChI=1S/C20H27NO4/c1-19(2,3)14-8-12(9-15(17(14)23)20(4,5)6)18-21-13(11-25-18)10-16(22)24-7/h8-9,11,23H,10H2,1-7H3. The smallest absolute Gasteiger partial charge is 0.311 e. The maximum absolute atomic E-state index is 11.4. The first-order valence-electron chi connectivity index (χ1n) is 8.33. The van der Waals surface area contributed by atoms with Crippen molar-refractivity contribution in [3.05, 3.63) is 35.2 Å². The van der Waals surface area contributed by atoms with E-state index < -0.39 is 0 Å². The zero-order valence-electron chi connectivity index (χ0n) is 16.1. The quantitative estimate of drug-likeness (QED) is 0.837. The van der Waals surface area contributed by atoms with E-state index in [-0.39, 0.29) is 23.2 Å². The minimum Gasteiger partial charge on any atom is -0.507 e. The first kappa shape index (κ1) is 19.0. The average molecular weight is 345 g/mol. The summed E-state index contributed by atoms with van der Waals surface area (Å²) in [4.78, 5) is 15.8. The summed E-state index contributed by atoms with van der Waals surface area (Å²) in [5, 5.41) is 10.8. The number of phenols is 1. The Morgan fingerprint density at radius 2 is 1.64 bits per heavy atom. The Kier molecular flexibility index (Phi) is 4.98. The van der Waals surface area contributed by atoms with E-state index in [1.165, 1.54) is 13.4 Å². The van der Waals surface area contributed by atoms with Gasteiger partial charge in [0.15, 0.2) is 0 Å². The lowest BCUT2D eigenvalue weighted by Crippen LogP contribution is -2.17. The van der Waals surface area contributed by atoms with Crippen molar-refractivity contribution >= 4 is 5.97 Å². The van der Waals surface area contributed by atoms with Gasteiger partial charge in [0.05, 0.1) is 19.2 Å². The summed E-state index contributed by atoms with van der Waals surface area (Å²) in [6, 6.07) is 3.80. The third-order valence-electron chi connectivity index (χ3n) is 4.08. The summed E-state index contributed by atoms with van der Waals surface area (Å²) in [5.41, 5.74) is 2.50. The van der Waals surface area contributed by atoms with Crippen molar-refractivity contribution in [2.24, 2.45) is 0 Å². The summed E-state index contributed by atoms with van der Waals surface area (Å²) in [6.45, 7) is 12.3. The Morgan fingerprint density at radius 3 is 2.08 bits per heavy atom. The maximum Gasteiger partial charge on any atom is 0.311 e. The topological polar surface area (TPSA) is 72.6 Å². The van der Waals surface area contributed by atoms with Crippen LogP contribution in [0.25, 0.3) is 11.5 Å². The van der Waals surface area contributed by atoms with Gasteiger partial charge in [0.1, 0.15) is 12.0 Å². The van der Waals surface area contributed by atoms with Crippen LogP contribution in [0.2, 0.25) is 0 Å². The van der Waals surface area contributed by atoms with Crippen molar-refractivity contribution in [3.63, 3.8) is 0 Å². The highest BCUT2D eigenvalue weighted by molar-refractivity contribution is 5.72. The molecular formula is C20H27NO4. The third-order valence-corrected chi connectivity index (χ3v) is 4.08. The van der Waals surface area contributed by atoms with Gasteiger partial charge in [0.2, 0.25) is 5.89 Å². The lowest BCUT2D eigenvalue weighted by molar-refractivity contribution is -0.139. The van der Waals surface area contributed by atoms with Gasteiger partial charge in [-0.2, -0.15) is 0 Å².